The number of nitrogens with one attached hydrogen (secondary N) is 1. The predicted molar refractivity (Wildman–Crippen MR) is 53.9 cm³/mol. The molecule has 0 radical (unpaired) electrons. The van der Waals surface area contributed by atoms with E-state index in [1.165, 1.54) is 12.8 Å². The maximum absolute atomic E-state index is 11.5. The van der Waals surface area contributed by atoms with Gasteiger partial charge in [-0.15, -0.1) is 0 Å². The minimum Gasteiger partial charge on any atom is -0.324 e. The molecule has 0 aromatic carbocycles. The molecule has 2 rings (SSSR count). The van der Waals surface area contributed by atoms with Crippen LogP contribution in [0, 0.1) is 12.8 Å². The summed E-state index contributed by atoms with van der Waals surface area (Å²) in [5, 5.41) is 0. The van der Waals surface area contributed by atoms with Crippen molar-refractivity contribution >= 4 is 0 Å². The Morgan fingerprint density at radius 2 is 2.29 bits per heavy atom. The fourth-order valence-electron chi connectivity index (χ4n) is 1.52. The number of nitrogens with zero attached hydrogens (tertiary/aromatic N) is 1. The van der Waals surface area contributed by atoms with E-state index in [1.807, 2.05) is 6.92 Å². The second-order valence-corrected chi connectivity index (χ2v) is 3.94. The van der Waals surface area contributed by atoms with Crippen molar-refractivity contribution in [2.24, 2.45) is 11.7 Å². The smallest absolute Gasteiger partial charge is 0.254 e. The molecular weight excluding hydrogens is 178 g/mol. The zero-order valence-corrected chi connectivity index (χ0v) is 8.34. The lowest BCUT2D eigenvalue weighted by molar-refractivity contribution is 0.759. The fourth-order valence-corrected chi connectivity index (χ4v) is 1.52. The summed E-state index contributed by atoms with van der Waals surface area (Å²) in [6.45, 7) is 2.12. The highest BCUT2D eigenvalue weighted by Crippen LogP contribution is 2.32. The summed E-state index contributed by atoms with van der Waals surface area (Å²) in [7, 11) is 0. The van der Waals surface area contributed by atoms with Gasteiger partial charge in [0.05, 0.1) is 12.2 Å². The van der Waals surface area contributed by atoms with Gasteiger partial charge >= 0.3 is 0 Å². The number of hydrogen-bond acceptors (Lipinski definition) is 3. The summed E-state index contributed by atoms with van der Waals surface area (Å²) in [6, 6.07) is 0. The lowest BCUT2D eigenvalue weighted by atomic mass is 10.1. The second-order valence-electron chi connectivity index (χ2n) is 3.94. The van der Waals surface area contributed by atoms with Crippen LogP contribution in [0.25, 0.3) is 0 Å². The quantitative estimate of drug-likeness (QED) is 0.733. The standard InChI is InChI=1S/C10H15N3O/c1-6-8(4-7-2-3-7)12-9(5-11)13-10(6)14/h7H,2-5,11H2,1H3,(H,12,13,14). The third-order valence-electron chi connectivity index (χ3n) is 2.67. The van der Waals surface area contributed by atoms with Crippen LogP contribution in [0.3, 0.4) is 0 Å². The van der Waals surface area contributed by atoms with E-state index in [-0.39, 0.29) is 5.56 Å². The van der Waals surface area contributed by atoms with Crippen LogP contribution in [-0.4, -0.2) is 9.97 Å². The Hall–Kier alpha value is -1.16. The van der Waals surface area contributed by atoms with Crippen molar-refractivity contribution in [3.8, 4) is 0 Å². The first kappa shape index (κ1) is 9.40. The Morgan fingerprint density at radius 1 is 1.57 bits per heavy atom. The fraction of sp³-hybridized carbons (Fsp3) is 0.600. The van der Waals surface area contributed by atoms with Gasteiger partial charge in [-0.1, -0.05) is 0 Å². The number of hydrogen-bond donors (Lipinski definition) is 2. The van der Waals surface area contributed by atoms with Crippen LogP contribution in [-0.2, 0) is 13.0 Å². The van der Waals surface area contributed by atoms with Crippen LogP contribution in [0.15, 0.2) is 4.79 Å². The lowest BCUT2D eigenvalue weighted by Gasteiger charge is -2.05. The molecule has 1 saturated carbocycles. The van der Waals surface area contributed by atoms with E-state index in [1.54, 1.807) is 0 Å². The van der Waals surface area contributed by atoms with E-state index in [4.69, 9.17) is 5.73 Å². The van der Waals surface area contributed by atoms with Crippen molar-refractivity contribution in [1.29, 1.82) is 0 Å². The molecule has 0 aliphatic heterocycles. The van der Waals surface area contributed by atoms with E-state index in [2.05, 4.69) is 9.97 Å². The Kier molecular flexibility index (Phi) is 2.37. The van der Waals surface area contributed by atoms with Crippen LogP contribution < -0.4 is 11.3 Å². The highest BCUT2D eigenvalue weighted by atomic mass is 16.1. The van der Waals surface area contributed by atoms with Crippen molar-refractivity contribution in [3.05, 3.63) is 27.4 Å². The minimum atomic E-state index is -0.0453. The number of H-pyrrole nitrogens is 1. The second kappa shape index (κ2) is 3.53. The normalized spacial score (nSPS) is 15.9. The molecule has 14 heavy (non-hydrogen) atoms. The molecule has 0 saturated heterocycles. The number of rotatable bonds is 3. The Labute approximate surface area is 82.6 Å². The van der Waals surface area contributed by atoms with Crippen molar-refractivity contribution < 1.29 is 0 Å². The van der Waals surface area contributed by atoms with Crippen LogP contribution in [0.2, 0.25) is 0 Å². The van der Waals surface area contributed by atoms with Gasteiger partial charge in [-0.05, 0) is 32.1 Å². The maximum atomic E-state index is 11.5. The average molecular weight is 193 g/mol. The molecule has 1 fully saturated rings. The van der Waals surface area contributed by atoms with E-state index < -0.39 is 0 Å². The molecule has 3 N–H and O–H groups in total. The van der Waals surface area contributed by atoms with E-state index in [0.29, 0.717) is 12.4 Å². The molecule has 0 unspecified atom stereocenters. The largest absolute Gasteiger partial charge is 0.324 e. The van der Waals surface area contributed by atoms with Crippen LogP contribution in [0.4, 0.5) is 0 Å². The number of nitrogens with two attached hydrogens (primary N) is 1. The average Bonchev–Trinajstić information content (AvgIpc) is 2.96. The molecule has 1 heterocycles. The SMILES string of the molecule is Cc1c(CC2CC2)nc(CN)[nH]c1=O. The van der Waals surface area contributed by atoms with Gasteiger partial charge in [0, 0.05) is 5.56 Å². The van der Waals surface area contributed by atoms with Crippen LogP contribution in [0.1, 0.15) is 29.9 Å². The zero-order chi connectivity index (χ0) is 10.1. The topological polar surface area (TPSA) is 71.8 Å². The van der Waals surface area contributed by atoms with Gasteiger partial charge in [0.2, 0.25) is 0 Å². The summed E-state index contributed by atoms with van der Waals surface area (Å²) in [5.74, 6) is 1.34. The third-order valence-corrected chi connectivity index (χ3v) is 2.67. The molecule has 76 valence electrons. The first-order valence-electron chi connectivity index (χ1n) is 4.99. The van der Waals surface area contributed by atoms with Gasteiger partial charge in [-0.3, -0.25) is 4.79 Å². The van der Waals surface area contributed by atoms with Gasteiger partial charge in [0.15, 0.2) is 0 Å². The first-order chi connectivity index (χ1) is 6.70. The summed E-state index contributed by atoms with van der Waals surface area (Å²) in [6.07, 6.45) is 3.47. The molecule has 4 heteroatoms. The minimum absolute atomic E-state index is 0.0453. The summed E-state index contributed by atoms with van der Waals surface area (Å²) < 4.78 is 0. The molecule has 0 bridgehead atoms. The Balaban J connectivity index is 2.34. The first-order valence-corrected chi connectivity index (χ1v) is 4.99. The zero-order valence-electron chi connectivity index (χ0n) is 8.34. The number of aromatic amines is 1. The van der Waals surface area contributed by atoms with E-state index >= 15 is 0 Å². The molecule has 4 nitrogen and oxygen atoms in total. The van der Waals surface area contributed by atoms with Crippen molar-refractivity contribution in [1.82, 2.24) is 9.97 Å². The monoisotopic (exact) mass is 193 g/mol. The molecule has 0 atom stereocenters. The maximum Gasteiger partial charge on any atom is 0.254 e. The summed E-state index contributed by atoms with van der Waals surface area (Å²) in [4.78, 5) is 18.5. The molecule has 1 aliphatic rings. The van der Waals surface area contributed by atoms with Crippen LogP contribution >= 0.6 is 0 Å². The van der Waals surface area contributed by atoms with Gasteiger partial charge in [0.25, 0.3) is 5.56 Å². The summed E-state index contributed by atoms with van der Waals surface area (Å²) in [5.41, 5.74) is 7.08. The predicted octanol–water partition coefficient (Wildman–Crippen LogP) is 0.490. The van der Waals surface area contributed by atoms with Crippen molar-refractivity contribution in [2.75, 3.05) is 0 Å². The van der Waals surface area contributed by atoms with Crippen molar-refractivity contribution in [3.63, 3.8) is 0 Å². The molecule has 1 aromatic rings. The van der Waals surface area contributed by atoms with Gasteiger partial charge in [0.1, 0.15) is 5.82 Å². The van der Waals surface area contributed by atoms with Gasteiger partial charge in [-0.25, -0.2) is 4.98 Å². The van der Waals surface area contributed by atoms with Gasteiger partial charge < -0.3 is 10.7 Å². The Bertz CT molecular complexity index is 393. The number of aromatic nitrogens is 2. The van der Waals surface area contributed by atoms with Crippen molar-refractivity contribution in [2.45, 2.75) is 32.7 Å². The molecule has 0 spiro atoms. The molecule has 0 amide bonds. The lowest BCUT2D eigenvalue weighted by Crippen LogP contribution is -2.19. The van der Waals surface area contributed by atoms with E-state index in [0.717, 1.165) is 23.6 Å². The molecule has 1 aliphatic carbocycles. The highest BCUT2D eigenvalue weighted by Gasteiger charge is 2.23. The van der Waals surface area contributed by atoms with E-state index in [9.17, 15) is 4.79 Å². The molecular formula is C10H15N3O. The van der Waals surface area contributed by atoms with Crippen LogP contribution in [0.5, 0.6) is 0 Å². The molecule has 1 aromatic heterocycles. The Morgan fingerprint density at radius 3 is 2.86 bits per heavy atom. The highest BCUT2D eigenvalue weighted by molar-refractivity contribution is 5.17. The summed E-state index contributed by atoms with van der Waals surface area (Å²) >= 11 is 0. The van der Waals surface area contributed by atoms with Gasteiger partial charge in [-0.2, -0.15) is 0 Å². The third kappa shape index (κ3) is 1.85.